The van der Waals surface area contributed by atoms with Gasteiger partial charge < -0.3 is 10.2 Å². The Bertz CT molecular complexity index is 933. The summed E-state index contributed by atoms with van der Waals surface area (Å²) in [5, 5.41) is 4.16. The number of para-hydroxylation sites is 1. The summed E-state index contributed by atoms with van der Waals surface area (Å²) in [5.74, 6) is 0.0459. The van der Waals surface area contributed by atoms with Crippen LogP contribution in [0.4, 0.5) is 0 Å². The van der Waals surface area contributed by atoms with Gasteiger partial charge >= 0.3 is 0 Å². The molecule has 0 unspecified atom stereocenters. The molecular weight excluding hydrogens is 346 g/mol. The number of hydrogen-bond acceptors (Lipinski definition) is 3. The third-order valence-electron chi connectivity index (χ3n) is 5.24. The van der Waals surface area contributed by atoms with Gasteiger partial charge in [0.1, 0.15) is 0 Å². The van der Waals surface area contributed by atoms with Gasteiger partial charge in [-0.2, -0.15) is 0 Å². The highest BCUT2D eigenvalue weighted by Gasteiger charge is 2.17. The number of rotatable bonds is 8. The van der Waals surface area contributed by atoms with E-state index in [2.05, 4.69) is 42.3 Å². The van der Waals surface area contributed by atoms with E-state index in [1.165, 1.54) is 0 Å². The minimum absolute atomic E-state index is 0.0459. The lowest BCUT2D eigenvalue weighted by Gasteiger charge is -2.19. The molecule has 1 amide bonds. The van der Waals surface area contributed by atoms with Gasteiger partial charge in [-0.05, 0) is 42.8 Å². The molecule has 0 saturated carbocycles. The van der Waals surface area contributed by atoms with Crippen LogP contribution in [0, 0.1) is 6.92 Å². The van der Waals surface area contributed by atoms with Crippen molar-refractivity contribution in [1.82, 2.24) is 15.2 Å². The van der Waals surface area contributed by atoms with Crippen LogP contribution in [0.5, 0.6) is 0 Å². The van der Waals surface area contributed by atoms with Crippen LogP contribution in [0.25, 0.3) is 22.0 Å². The average molecular weight is 376 g/mol. The van der Waals surface area contributed by atoms with Crippen molar-refractivity contribution in [3.05, 3.63) is 65.9 Å². The molecule has 2 aromatic carbocycles. The molecule has 0 fully saturated rings. The Kier molecular flexibility index (Phi) is 6.77. The number of nitrogens with one attached hydrogen (secondary N) is 1. The summed E-state index contributed by atoms with van der Waals surface area (Å²) in [4.78, 5) is 19.8. The van der Waals surface area contributed by atoms with Crippen molar-refractivity contribution in [3.63, 3.8) is 0 Å². The molecule has 28 heavy (non-hydrogen) atoms. The molecule has 4 heteroatoms. The van der Waals surface area contributed by atoms with Crippen molar-refractivity contribution in [1.29, 1.82) is 0 Å². The molecule has 4 nitrogen and oxygen atoms in total. The molecule has 1 heterocycles. The van der Waals surface area contributed by atoms with Crippen molar-refractivity contribution in [3.8, 4) is 11.1 Å². The van der Waals surface area contributed by atoms with Gasteiger partial charge in [0.2, 0.25) is 5.91 Å². The van der Waals surface area contributed by atoms with Crippen LogP contribution in [0.3, 0.4) is 0 Å². The molecule has 146 valence electrons. The Labute approximate surface area is 167 Å². The highest BCUT2D eigenvalue weighted by atomic mass is 16.1. The predicted octanol–water partition coefficient (Wildman–Crippen LogP) is 4.21. The third kappa shape index (κ3) is 4.57. The summed E-state index contributed by atoms with van der Waals surface area (Å²) < 4.78 is 0. The number of fused-ring (bicyclic) bond motifs is 1. The van der Waals surface area contributed by atoms with E-state index < -0.39 is 0 Å². The summed E-state index contributed by atoms with van der Waals surface area (Å²) in [5.41, 5.74) is 5.11. The summed E-state index contributed by atoms with van der Waals surface area (Å²) in [7, 11) is 0. The van der Waals surface area contributed by atoms with Crippen molar-refractivity contribution < 1.29 is 4.79 Å². The number of likely N-dealkylation sites (N-methyl/N-ethyl adjacent to an activating group) is 1. The van der Waals surface area contributed by atoms with E-state index in [4.69, 9.17) is 4.98 Å². The van der Waals surface area contributed by atoms with Crippen LogP contribution in [0.15, 0.2) is 54.6 Å². The largest absolute Gasteiger partial charge is 0.355 e. The zero-order valence-corrected chi connectivity index (χ0v) is 17.0. The summed E-state index contributed by atoms with van der Waals surface area (Å²) in [6.45, 7) is 9.82. The minimum atomic E-state index is 0.0459. The number of benzene rings is 2. The normalized spacial score (nSPS) is 11.1. The molecule has 0 bridgehead atoms. The fraction of sp³-hybridized carbons (Fsp3) is 0.333. The number of nitrogens with zero attached hydrogens (tertiary/aromatic N) is 2. The third-order valence-corrected chi connectivity index (χ3v) is 5.24. The Morgan fingerprint density at radius 1 is 1.00 bits per heavy atom. The number of carbonyl (C=O) groups excluding carboxylic acids is 1. The first-order chi connectivity index (χ1) is 13.6. The Hall–Kier alpha value is -2.72. The van der Waals surface area contributed by atoms with Crippen molar-refractivity contribution in [2.45, 2.75) is 27.2 Å². The van der Waals surface area contributed by atoms with Gasteiger partial charge in [-0.25, -0.2) is 0 Å². The maximum atomic E-state index is 12.7. The second kappa shape index (κ2) is 9.47. The SMILES string of the molecule is CCN(CC)CCNC(=O)Cc1c(C)nc2ccccc2c1-c1ccccc1. The molecule has 0 saturated heterocycles. The van der Waals surface area contributed by atoms with Gasteiger partial charge in [0.05, 0.1) is 11.9 Å². The summed E-state index contributed by atoms with van der Waals surface area (Å²) in [6.07, 6.45) is 0.339. The van der Waals surface area contributed by atoms with Gasteiger partial charge in [-0.15, -0.1) is 0 Å². The smallest absolute Gasteiger partial charge is 0.224 e. The van der Waals surface area contributed by atoms with Gasteiger partial charge in [0, 0.05) is 24.2 Å². The minimum Gasteiger partial charge on any atom is -0.355 e. The monoisotopic (exact) mass is 375 g/mol. The first-order valence-electron chi connectivity index (χ1n) is 10.1. The Balaban J connectivity index is 1.90. The number of pyridine rings is 1. The first kappa shape index (κ1) is 20.0. The maximum absolute atomic E-state index is 12.7. The van der Waals surface area contributed by atoms with Gasteiger partial charge in [0.15, 0.2) is 0 Å². The molecule has 0 radical (unpaired) electrons. The zero-order chi connectivity index (χ0) is 19.9. The number of carbonyl (C=O) groups is 1. The predicted molar refractivity (Wildman–Crippen MR) is 116 cm³/mol. The van der Waals surface area contributed by atoms with Crippen LogP contribution in [-0.4, -0.2) is 42.0 Å². The van der Waals surface area contributed by atoms with E-state index in [1.807, 2.05) is 43.3 Å². The van der Waals surface area contributed by atoms with Crippen LogP contribution in [-0.2, 0) is 11.2 Å². The van der Waals surface area contributed by atoms with Crippen LogP contribution in [0.2, 0.25) is 0 Å². The van der Waals surface area contributed by atoms with Crippen molar-refractivity contribution >= 4 is 16.8 Å². The molecule has 0 spiro atoms. The molecule has 0 aliphatic heterocycles. The van der Waals surface area contributed by atoms with Gasteiger partial charge in [0.25, 0.3) is 0 Å². The van der Waals surface area contributed by atoms with Crippen molar-refractivity contribution in [2.24, 2.45) is 0 Å². The average Bonchev–Trinajstić information content (AvgIpc) is 2.72. The van der Waals surface area contributed by atoms with E-state index in [9.17, 15) is 4.79 Å². The summed E-state index contributed by atoms with van der Waals surface area (Å²) in [6, 6.07) is 18.4. The molecule has 3 rings (SSSR count). The second-order valence-corrected chi connectivity index (χ2v) is 6.99. The fourth-order valence-electron chi connectivity index (χ4n) is 3.64. The lowest BCUT2D eigenvalue weighted by atomic mass is 9.92. The number of amides is 1. The van der Waals surface area contributed by atoms with Crippen molar-refractivity contribution in [2.75, 3.05) is 26.2 Å². The lowest BCUT2D eigenvalue weighted by molar-refractivity contribution is -0.120. The molecule has 1 N–H and O–H groups in total. The zero-order valence-electron chi connectivity index (χ0n) is 17.0. The van der Waals surface area contributed by atoms with Gasteiger partial charge in [-0.1, -0.05) is 62.4 Å². The maximum Gasteiger partial charge on any atom is 0.224 e. The lowest BCUT2D eigenvalue weighted by Crippen LogP contribution is -2.35. The molecule has 1 aromatic heterocycles. The van der Waals surface area contributed by atoms with E-state index in [1.54, 1.807) is 0 Å². The second-order valence-electron chi connectivity index (χ2n) is 6.99. The number of aryl methyl sites for hydroxylation is 1. The van der Waals surface area contributed by atoms with E-state index in [-0.39, 0.29) is 5.91 Å². The fourth-order valence-corrected chi connectivity index (χ4v) is 3.64. The van der Waals surface area contributed by atoms with Gasteiger partial charge in [-0.3, -0.25) is 9.78 Å². The highest BCUT2D eigenvalue weighted by Crippen LogP contribution is 2.33. The molecular formula is C24H29N3O. The topological polar surface area (TPSA) is 45.2 Å². The quantitative estimate of drug-likeness (QED) is 0.641. The van der Waals surface area contributed by atoms with E-state index in [0.717, 1.165) is 52.9 Å². The Morgan fingerprint density at radius 2 is 1.68 bits per heavy atom. The molecule has 0 atom stereocenters. The molecule has 0 aliphatic rings. The number of hydrogen-bond donors (Lipinski definition) is 1. The highest BCUT2D eigenvalue weighted by molar-refractivity contribution is 5.98. The number of aromatic nitrogens is 1. The van der Waals surface area contributed by atoms with Crippen LogP contribution < -0.4 is 5.32 Å². The van der Waals surface area contributed by atoms with Crippen LogP contribution >= 0.6 is 0 Å². The summed E-state index contributed by atoms with van der Waals surface area (Å²) >= 11 is 0. The Morgan fingerprint density at radius 3 is 2.39 bits per heavy atom. The van der Waals surface area contributed by atoms with E-state index in [0.29, 0.717) is 13.0 Å². The molecule has 0 aliphatic carbocycles. The van der Waals surface area contributed by atoms with E-state index >= 15 is 0 Å². The standard InChI is InChI=1S/C24H29N3O/c1-4-27(5-2)16-15-25-23(28)17-21-18(3)26-22-14-10-9-13-20(22)24(21)19-11-7-6-8-12-19/h6-14H,4-5,15-17H2,1-3H3,(H,25,28). The first-order valence-corrected chi connectivity index (χ1v) is 10.1. The molecule has 3 aromatic rings. The van der Waals surface area contributed by atoms with Crippen LogP contribution in [0.1, 0.15) is 25.1 Å².